The van der Waals surface area contributed by atoms with Crippen LogP contribution in [0, 0.1) is 0 Å². The highest BCUT2D eigenvalue weighted by Crippen LogP contribution is 2.29. The lowest BCUT2D eigenvalue weighted by atomic mass is 9.92. The summed E-state index contributed by atoms with van der Waals surface area (Å²) >= 11 is 0. The van der Waals surface area contributed by atoms with Crippen molar-refractivity contribution in [2.24, 2.45) is 0 Å². The monoisotopic (exact) mass is 282 g/mol. The molecule has 1 aromatic carbocycles. The summed E-state index contributed by atoms with van der Waals surface area (Å²) in [6.07, 6.45) is 5.30. The van der Waals surface area contributed by atoms with Crippen LogP contribution in [0.4, 0.5) is 0 Å². The Morgan fingerprint density at radius 2 is 2.00 bits per heavy atom. The predicted molar refractivity (Wildman–Crippen MR) is 80.0 cm³/mol. The standard InChI is InChI=1S/C17H18N2O2/c20-17(21)16-15-4-2-1-3-14(15)8-12-19(16)11-7-13-5-9-18-10-6-13/h1-6,9-10,16H,7-8,11-12H2,(H,20,21). The highest BCUT2D eigenvalue weighted by molar-refractivity contribution is 5.76. The third kappa shape index (κ3) is 2.95. The van der Waals surface area contributed by atoms with Gasteiger partial charge in [-0.05, 0) is 41.7 Å². The maximum Gasteiger partial charge on any atom is 0.325 e. The van der Waals surface area contributed by atoms with Crippen molar-refractivity contribution in [1.29, 1.82) is 0 Å². The molecular formula is C17H18N2O2. The smallest absolute Gasteiger partial charge is 0.325 e. The molecular weight excluding hydrogens is 264 g/mol. The number of aliphatic carboxylic acids is 1. The summed E-state index contributed by atoms with van der Waals surface area (Å²) in [6.45, 7) is 1.54. The molecule has 0 radical (unpaired) electrons. The number of benzene rings is 1. The van der Waals surface area contributed by atoms with Gasteiger partial charge in [0.2, 0.25) is 0 Å². The van der Waals surface area contributed by atoms with E-state index in [4.69, 9.17) is 0 Å². The zero-order valence-electron chi connectivity index (χ0n) is 11.8. The molecule has 108 valence electrons. The third-order valence-electron chi connectivity index (χ3n) is 4.05. The van der Waals surface area contributed by atoms with Gasteiger partial charge in [0.1, 0.15) is 6.04 Å². The van der Waals surface area contributed by atoms with E-state index in [0.717, 1.165) is 37.1 Å². The first-order valence-corrected chi connectivity index (χ1v) is 7.19. The molecule has 4 nitrogen and oxygen atoms in total. The van der Waals surface area contributed by atoms with Gasteiger partial charge in [-0.3, -0.25) is 14.7 Å². The van der Waals surface area contributed by atoms with Crippen molar-refractivity contribution >= 4 is 5.97 Å². The summed E-state index contributed by atoms with van der Waals surface area (Å²) < 4.78 is 0. The first-order chi connectivity index (χ1) is 10.3. The molecule has 1 unspecified atom stereocenters. The van der Waals surface area contributed by atoms with Crippen LogP contribution in [-0.4, -0.2) is 34.0 Å². The summed E-state index contributed by atoms with van der Waals surface area (Å²) in [4.78, 5) is 17.8. The van der Waals surface area contributed by atoms with Crippen molar-refractivity contribution in [2.45, 2.75) is 18.9 Å². The van der Waals surface area contributed by atoms with E-state index in [2.05, 4.69) is 9.88 Å². The second-order valence-corrected chi connectivity index (χ2v) is 5.33. The number of carboxylic acids is 1. The molecule has 2 heterocycles. The van der Waals surface area contributed by atoms with Gasteiger partial charge in [-0.25, -0.2) is 0 Å². The Kier molecular flexibility index (Phi) is 3.97. The molecule has 0 fully saturated rings. The second-order valence-electron chi connectivity index (χ2n) is 5.33. The number of carbonyl (C=O) groups is 1. The van der Waals surface area contributed by atoms with Crippen molar-refractivity contribution in [1.82, 2.24) is 9.88 Å². The van der Waals surface area contributed by atoms with Crippen LogP contribution in [0.3, 0.4) is 0 Å². The lowest BCUT2D eigenvalue weighted by Crippen LogP contribution is -2.40. The van der Waals surface area contributed by atoms with Crippen molar-refractivity contribution in [3.8, 4) is 0 Å². The summed E-state index contributed by atoms with van der Waals surface area (Å²) in [7, 11) is 0. The molecule has 0 spiro atoms. The average Bonchev–Trinajstić information content (AvgIpc) is 2.53. The summed E-state index contributed by atoms with van der Waals surface area (Å²) in [5, 5.41) is 9.60. The molecule has 1 aromatic heterocycles. The molecule has 4 heteroatoms. The fourth-order valence-electron chi connectivity index (χ4n) is 2.97. The van der Waals surface area contributed by atoms with Gasteiger partial charge in [0.05, 0.1) is 0 Å². The van der Waals surface area contributed by atoms with Gasteiger partial charge in [-0.2, -0.15) is 0 Å². The Hall–Kier alpha value is -2.20. The molecule has 2 aromatic rings. The van der Waals surface area contributed by atoms with E-state index in [1.165, 1.54) is 5.56 Å². The Balaban J connectivity index is 1.78. The van der Waals surface area contributed by atoms with Crippen LogP contribution in [0.2, 0.25) is 0 Å². The molecule has 0 aliphatic carbocycles. The van der Waals surface area contributed by atoms with Crippen LogP contribution in [0.25, 0.3) is 0 Å². The Bertz CT molecular complexity index is 628. The number of carboxylic acid groups (broad SMARTS) is 1. The largest absolute Gasteiger partial charge is 0.480 e. The van der Waals surface area contributed by atoms with Gasteiger partial charge < -0.3 is 5.11 Å². The number of hydrogen-bond donors (Lipinski definition) is 1. The van der Waals surface area contributed by atoms with Gasteiger partial charge in [-0.15, -0.1) is 0 Å². The lowest BCUT2D eigenvalue weighted by molar-refractivity contribution is -0.144. The first-order valence-electron chi connectivity index (χ1n) is 7.19. The zero-order valence-corrected chi connectivity index (χ0v) is 11.8. The topological polar surface area (TPSA) is 53.4 Å². The van der Waals surface area contributed by atoms with Crippen molar-refractivity contribution < 1.29 is 9.90 Å². The van der Waals surface area contributed by atoms with Crippen molar-refractivity contribution in [3.05, 3.63) is 65.5 Å². The summed E-state index contributed by atoms with van der Waals surface area (Å²) in [5.41, 5.74) is 3.28. The molecule has 1 aliphatic heterocycles. The fraction of sp³-hybridized carbons (Fsp3) is 0.294. The van der Waals surface area contributed by atoms with E-state index in [1.807, 2.05) is 36.4 Å². The van der Waals surface area contributed by atoms with Gasteiger partial charge in [0.15, 0.2) is 0 Å². The molecule has 1 atom stereocenters. The zero-order chi connectivity index (χ0) is 14.7. The first kappa shape index (κ1) is 13.8. The fourth-order valence-corrected chi connectivity index (χ4v) is 2.97. The maximum absolute atomic E-state index is 11.7. The second kappa shape index (κ2) is 6.06. The SMILES string of the molecule is O=C(O)C1c2ccccc2CCN1CCc1ccncc1. The van der Waals surface area contributed by atoms with Crippen LogP contribution in [0.15, 0.2) is 48.8 Å². The molecule has 21 heavy (non-hydrogen) atoms. The van der Waals surface area contributed by atoms with Gasteiger partial charge in [0, 0.05) is 25.5 Å². The lowest BCUT2D eigenvalue weighted by Gasteiger charge is -2.34. The van der Waals surface area contributed by atoms with E-state index in [-0.39, 0.29) is 0 Å². The minimum Gasteiger partial charge on any atom is -0.480 e. The van der Waals surface area contributed by atoms with Crippen molar-refractivity contribution in [3.63, 3.8) is 0 Å². The highest BCUT2D eigenvalue weighted by Gasteiger charge is 2.32. The Morgan fingerprint density at radius 3 is 2.76 bits per heavy atom. The number of rotatable bonds is 4. The van der Waals surface area contributed by atoms with Crippen LogP contribution in [-0.2, 0) is 17.6 Å². The molecule has 1 aliphatic rings. The predicted octanol–water partition coefficient (Wildman–Crippen LogP) is 2.31. The Morgan fingerprint density at radius 1 is 1.24 bits per heavy atom. The normalized spacial score (nSPS) is 18.2. The molecule has 1 N–H and O–H groups in total. The number of hydrogen-bond acceptors (Lipinski definition) is 3. The third-order valence-corrected chi connectivity index (χ3v) is 4.05. The van der Waals surface area contributed by atoms with E-state index >= 15 is 0 Å². The van der Waals surface area contributed by atoms with Gasteiger partial charge >= 0.3 is 5.97 Å². The quantitative estimate of drug-likeness (QED) is 0.935. The van der Waals surface area contributed by atoms with E-state index < -0.39 is 12.0 Å². The van der Waals surface area contributed by atoms with Crippen molar-refractivity contribution in [2.75, 3.05) is 13.1 Å². The minimum atomic E-state index is -0.767. The van der Waals surface area contributed by atoms with E-state index in [9.17, 15) is 9.90 Å². The molecule has 0 saturated heterocycles. The van der Waals surface area contributed by atoms with Gasteiger partial charge in [0.25, 0.3) is 0 Å². The minimum absolute atomic E-state index is 0.531. The Labute approximate surface area is 124 Å². The summed E-state index contributed by atoms with van der Waals surface area (Å²) in [5.74, 6) is -0.767. The van der Waals surface area contributed by atoms with Crippen LogP contribution in [0.1, 0.15) is 22.7 Å². The summed E-state index contributed by atoms with van der Waals surface area (Å²) in [6, 6.07) is 11.3. The van der Waals surface area contributed by atoms with Crippen LogP contribution in [0.5, 0.6) is 0 Å². The number of pyridine rings is 1. The molecule has 0 amide bonds. The number of aromatic nitrogens is 1. The van der Waals surface area contributed by atoms with E-state index in [1.54, 1.807) is 12.4 Å². The van der Waals surface area contributed by atoms with Gasteiger partial charge in [-0.1, -0.05) is 24.3 Å². The van der Waals surface area contributed by atoms with Crippen LogP contribution >= 0.6 is 0 Å². The van der Waals surface area contributed by atoms with E-state index in [0.29, 0.717) is 0 Å². The number of nitrogens with zero attached hydrogens (tertiary/aromatic N) is 2. The molecule has 0 saturated carbocycles. The molecule has 3 rings (SSSR count). The molecule has 0 bridgehead atoms. The maximum atomic E-state index is 11.7. The average molecular weight is 282 g/mol. The number of fused-ring (bicyclic) bond motifs is 1. The highest BCUT2D eigenvalue weighted by atomic mass is 16.4. The van der Waals surface area contributed by atoms with Crippen LogP contribution < -0.4 is 0 Å².